The fourth-order valence-electron chi connectivity index (χ4n) is 2.20. The Hall–Kier alpha value is -0.0900. The molecule has 0 saturated carbocycles. The van der Waals surface area contributed by atoms with E-state index in [4.69, 9.17) is 0 Å². The number of hydrogen-bond donors (Lipinski definition) is 0. The third-order valence-electron chi connectivity index (χ3n) is 3.50. The molecule has 1 aliphatic heterocycles. The minimum absolute atomic E-state index is 0.137. The van der Waals surface area contributed by atoms with Crippen molar-refractivity contribution in [1.29, 1.82) is 0 Å². The van der Waals surface area contributed by atoms with E-state index in [2.05, 4.69) is 18.7 Å². The van der Waals surface area contributed by atoms with Crippen molar-refractivity contribution in [3.63, 3.8) is 0 Å². The molecule has 0 bridgehead atoms. The monoisotopic (exact) mass is 247 g/mol. The molecule has 0 aromatic rings. The predicted molar refractivity (Wildman–Crippen MR) is 68.4 cm³/mol. The summed E-state index contributed by atoms with van der Waals surface area (Å²) in [6.45, 7) is 11.6. The van der Waals surface area contributed by atoms with Crippen LogP contribution in [0.4, 0.5) is 0 Å². The summed E-state index contributed by atoms with van der Waals surface area (Å²) in [4.78, 5) is 2.36. The van der Waals surface area contributed by atoms with Gasteiger partial charge in [0.25, 0.3) is 0 Å². The lowest BCUT2D eigenvalue weighted by molar-refractivity contribution is 0.185. The highest BCUT2D eigenvalue weighted by Gasteiger charge is 2.38. The van der Waals surface area contributed by atoms with Crippen LogP contribution in [0.5, 0.6) is 0 Å². The van der Waals surface area contributed by atoms with Gasteiger partial charge in [0, 0.05) is 6.04 Å². The SMILES string of the molecule is CC(C)N1CCC(S(=O)(=O)C(C)(C)C)CC1. The van der Waals surface area contributed by atoms with Crippen molar-refractivity contribution in [2.24, 2.45) is 0 Å². The van der Waals surface area contributed by atoms with Gasteiger partial charge < -0.3 is 4.90 Å². The van der Waals surface area contributed by atoms with Crippen molar-refractivity contribution >= 4 is 9.84 Å². The van der Waals surface area contributed by atoms with Crippen LogP contribution in [0.2, 0.25) is 0 Å². The van der Waals surface area contributed by atoms with Crippen LogP contribution < -0.4 is 0 Å². The summed E-state index contributed by atoms with van der Waals surface area (Å²) in [5.41, 5.74) is 0. The zero-order valence-corrected chi connectivity index (χ0v) is 12.0. The highest BCUT2D eigenvalue weighted by Crippen LogP contribution is 2.28. The second kappa shape index (κ2) is 4.65. The van der Waals surface area contributed by atoms with Gasteiger partial charge in [0.1, 0.15) is 0 Å². The number of nitrogens with zero attached hydrogens (tertiary/aromatic N) is 1. The number of rotatable bonds is 2. The Morgan fingerprint density at radius 1 is 1.12 bits per heavy atom. The van der Waals surface area contributed by atoms with E-state index in [1.54, 1.807) is 20.8 Å². The zero-order valence-electron chi connectivity index (χ0n) is 11.2. The van der Waals surface area contributed by atoms with Crippen LogP contribution in [0.1, 0.15) is 47.5 Å². The predicted octanol–water partition coefficient (Wildman–Crippen LogP) is 2.07. The lowest BCUT2D eigenvalue weighted by Crippen LogP contribution is -2.46. The number of likely N-dealkylation sites (tertiary alicyclic amines) is 1. The molecule has 1 rings (SSSR count). The van der Waals surface area contributed by atoms with E-state index in [0.717, 1.165) is 25.9 Å². The fraction of sp³-hybridized carbons (Fsp3) is 1.00. The minimum Gasteiger partial charge on any atom is -0.301 e. The van der Waals surface area contributed by atoms with E-state index in [1.807, 2.05) is 0 Å². The van der Waals surface area contributed by atoms with E-state index < -0.39 is 14.6 Å². The van der Waals surface area contributed by atoms with Crippen molar-refractivity contribution in [1.82, 2.24) is 4.90 Å². The summed E-state index contributed by atoms with van der Waals surface area (Å²) in [5.74, 6) is 0. The molecule has 3 nitrogen and oxygen atoms in total. The van der Waals surface area contributed by atoms with Gasteiger partial charge in [0.2, 0.25) is 0 Å². The second-order valence-electron chi connectivity index (χ2n) is 5.99. The Balaban J connectivity index is 2.68. The van der Waals surface area contributed by atoms with Gasteiger partial charge >= 0.3 is 0 Å². The summed E-state index contributed by atoms with van der Waals surface area (Å²) >= 11 is 0. The third-order valence-corrected chi connectivity index (χ3v) is 6.56. The average molecular weight is 247 g/mol. The topological polar surface area (TPSA) is 37.4 Å². The summed E-state index contributed by atoms with van der Waals surface area (Å²) in [7, 11) is -2.98. The lowest BCUT2D eigenvalue weighted by Gasteiger charge is -2.36. The molecular weight excluding hydrogens is 222 g/mol. The first-order valence-electron chi connectivity index (χ1n) is 6.14. The Morgan fingerprint density at radius 3 is 1.88 bits per heavy atom. The molecular formula is C12H25NO2S. The number of piperidine rings is 1. The van der Waals surface area contributed by atoms with Crippen LogP contribution >= 0.6 is 0 Å². The van der Waals surface area contributed by atoms with Gasteiger partial charge in [-0.3, -0.25) is 0 Å². The van der Waals surface area contributed by atoms with E-state index in [0.29, 0.717) is 6.04 Å². The smallest absolute Gasteiger partial charge is 0.158 e. The maximum atomic E-state index is 12.3. The Morgan fingerprint density at radius 2 is 1.56 bits per heavy atom. The molecule has 0 N–H and O–H groups in total. The van der Waals surface area contributed by atoms with Gasteiger partial charge in [-0.25, -0.2) is 8.42 Å². The van der Waals surface area contributed by atoms with Crippen molar-refractivity contribution in [2.45, 2.75) is 63.5 Å². The molecule has 1 saturated heterocycles. The Labute approximate surface area is 100 Å². The molecule has 0 atom stereocenters. The van der Waals surface area contributed by atoms with Crippen LogP contribution in [0.15, 0.2) is 0 Å². The summed E-state index contributed by atoms with van der Waals surface area (Å²) in [6.07, 6.45) is 1.58. The molecule has 1 aliphatic rings. The van der Waals surface area contributed by atoms with Crippen LogP contribution in [-0.4, -0.2) is 42.4 Å². The highest BCUT2D eigenvalue weighted by atomic mass is 32.2. The molecule has 0 unspecified atom stereocenters. The largest absolute Gasteiger partial charge is 0.301 e. The third kappa shape index (κ3) is 2.77. The first-order valence-corrected chi connectivity index (χ1v) is 7.68. The standard InChI is InChI=1S/C12H25NO2S/c1-10(2)13-8-6-11(7-9-13)16(14,15)12(3,4)5/h10-11H,6-9H2,1-5H3. The summed E-state index contributed by atoms with van der Waals surface area (Å²) < 4.78 is 23.9. The number of sulfone groups is 1. The Bertz CT molecular complexity index is 319. The van der Waals surface area contributed by atoms with E-state index in [1.165, 1.54) is 0 Å². The molecule has 0 aliphatic carbocycles. The normalized spacial score (nSPS) is 21.6. The zero-order chi connectivity index (χ0) is 12.6. The van der Waals surface area contributed by atoms with E-state index >= 15 is 0 Å². The summed E-state index contributed by atoms with van der Waals surface area (Å²) in [6, 6.07) is 0.526. The molecule has 0 aromatic heterocycles. The van der Waals surface area contributed by atoms with Crippen molar-refractivity contribution < 1.29 is 8.42 Å². The molecule has 0 aromatic carbocycles. The van der Waals surface area contributed by atoms with Gasteiger partial charge in [-0.1, -0.05) is 0 Å². The van der Waals surface area contributed by atoms with Crippen LogP contribution in [0.25, 0.3) is 0 Å². The van der Waals surface area contributed by atoms with Gasteiger partial charge in [0.05, 0.1) is 10.00 Å². The maximum absolute atomic E-state index is 12.3. The maximum Gasteiger partial charge on any atom is 0.158 e. The van der Waals surface area contributed by atoms with Gasteiger partial charge in [-0.15, -0.1) is 0 Å². The van der Waals surface area contributed by atoms with E-state index in [9.17, 15) is 8.42 Å². The molecule has 96 valence electrons. The lowest BCUT2D eigenvalue weighted by atomic mass is 10.1. The van der Waals surface area contributed by atoms with Crippen molar-refractivity contribution in [3.8, 4) is 0 Å². The van der Waals surface area contributed by atoms with Crippen LogP contribution in [0.3, 0.4) is 0 Å². The van der Waals surface area contributed by atoms with Crippen LogP contribution in [0, 0.1) is 0 Å². The first-order chi connectivity index (χ1) is 7.16. The molecule has 4 heteroatoms. The average Bonchev–Trinajstić information content (AvgIpc) is 2.16. The van der Waals surface area contributed by atoms with Crippen molar-refractivity contribution in [3.05, 3.63) is 0 Å². The molecule has 0 radical (unpaired) electrons. The molecule has 1 heterocycles. The Kier molecular flexibility index (Phi) is 4.06. The fourth-order valence-corrected chi connectivity index (χ4v) is 4.03. The molecule has 16 heavy (non-hydrogen) atoms. The quantitative estimate of drug-likeness (QED) is 0.749. The highest BCUT2D eigenvalue weighted by molar-refractivity contribution is 7.93. The minimum atomic E-state index is -2.98. The molecule has 0 amide bonds. The first kappa shape index (κ1) is 14.0. The van der Waals surface area contributed by atoms with Gasteiger partial charge in [-0.05, 0) is 60.5 Å². The van der Waals surface area contributed by atoms with Crippen molar-refractivity contribution in [2.75, 3.05) is 13.1 Å². The molecule has 0 spiro atoms. The number of hydrogen-bond acceptors (Lipinski definition) is 3. The summed E-state index contributed by atoms with van der Waals surface area (Å²) in [5, 5.41) is -0.137. The molecule has 1 fully saturated rings. The van der Waals surface area contributed by atoms with Gasteiger partial charge in [0.15, 0.2) is 9.84 Å². The second-order valence-corrected chi connectivity index (χ2v) is 8.97. The van der Waals surface area contributed by atoms with Crippen LogP contribution in [-0.2, 0) is 9.84 Å². The van der Waals surface area contributed by atoms with E-state index in [-0.39, 0.29) is 5.25 Å². The van der Waals surface area contributed by atoms with Gasteiger partial charge in [-0.2, -0.15) is 0 Å².